The van der Waals surface area contributed by atoms with Crippen LogP contribution < -0.4 is 0 Å². The highest BCUT2D eigenvalue weighted by molar-refractivity contribution is 5.95. The smallest absolute Gasteiger partial charge is 0.0725 e. The van der Waals surface area contributed by atoms with E-state index in [1.54, 1.807) is 5.57 Å². The quantitative estimate of drug-likeness (QED) is 0.205. The molecular weight excluding hydrogens is 504 g/mol. The summed E-state index contributed by atoms with van der Waals surface area (Å²) in [6, 6.07) is 43.7. The zero-order valence-electron chi connectivity index (χ0n) is 24.5. The summed E-state index contributed by atoms with van der Waals surface area (Å²) in [6.07, 6.45) is 6.17. The lowest BCUT2D eigenvalue weighted by Gasteiger charge is -2.31. The summed E-state index contributed by atoms with van der Waals surface area (Å²) in [5.41, 5.74) is 18.4. The van der Waals surface area contributed by atoms with E-state index < -0.39 is 0 Å². The molecule has 0 saturated heterocycles. The Labute approximate surface area is 249 Å². The van der Waals surface area contributed by atoms with Gasteiger partial charge in [0.2, 0.25) is 0 Å². The van der Waals surface area contributed by atoms with E-state index in [1.807, 2.05) is 0 Å². The van der Waals surface area contributed by atoms with Gasteiger partial charge in [-0.1, -0.05) is 154 Å². The minimum Gasteiger partial charge on any atom is -0.0798 e. The number of hydrogen-bond acceptors (Lipinski definition) is 0. The van der Waals surface area contributed by atoms with Crippen LogP contribution in [0.5, 0.6) is 0 Å². The average molecular weight is 539 g/mol. The third-order valence-electron chi connectivity index (χ3n) is 11.0. The largest absolute Gasteiger partial charge is 0.0798 e. The summed E-state index contributed by atoms with van der Waals surface area (Å²) >= 11 is 0. The molecule has 0 saturated carbocycles. The van der Waals surface area contributed by atoms with Crippen LogP contribution in [-0.4, -0.2) is 0 Å². The number of hydrogen-bond donors (Lipinski definition) is 0. The predicted octanol–water partition coefficient (Wildman–Crippen LogP) is 10.5. The van der Waals surface area contributed by atoms with Gasteiger partial charge >= 0.3 is 0 Å². The Morgan fingerprint density at radius 3 is 1.74 bits per heavy atom. The molecule has 5 aromatic carbocycles. The molecule has 0 heterocycles. The van der Waals surface area contributed by atoms with Gasteiger partial charge in [-0.3, -0.25) is 0 Å². The fourth-order valence-electron chi connectivity index (χ4n) is 9.03. The third kappa shape index (κ3) is 2.88. The van der Waals surface area contributed by atoms with E-state index in [2.05, 4.69) is 148 Å². The lowest BCUT2D eigenvalue weighted by Crippen LogP contribution is -2.26. The summed E-state index contributed by atoms with van der Waals surface area (Å²) in [5, 5.41) is 0. The monoisotopic (exact) mass is 538 g/mol. The van der Waals surface area contributed by atoms with Gasteiger partial charge in [-0.15, -0.1) is 0 Å². The molecule has 202 valence electrons. The summed E-state index contributed by atoms with van der Waals surface area (Å²) in [7, 11) is 0. The Kier molecular flexibility index (Phi) is 4.80. The van der Waals surface area contributed by atoms with Crippen LogP contribution in [0.15, 0.2) is 139 Å². The van der Waals surface area contributed by atoms with Gasteiger partial charge in [0.25, 0.3) is 0 Å². The van der Waals surface area contributed by atoms with Crippen molar-refractivity contribution in [2.75, 3.05) is 0 Å². The summed E-state index contributed by atoms with van der Waals surface area (Å²) in [4.78, 5) is 0. The normalized spacial score (nSPS) is 20.0. The molecule has 0 radical (unpaired) electrons. The number of allylic oxidation sites excluding steroid dienone is 4. The van der Waals surface area contributed by atoms with Gasteiger partial charge in [0.15, 0.2) is 0 Å². The highest BCUT2D eigenvalue weighted by atomic mass is 14.5. The van der Waals surface area contributed by atoms with Crippen LogP contribution in [0.3, 0.4) is 0 Å². The van der Waals surface area contributed by atoms with Crippen LogP contribution in [0, 0.1) is 0 Å². The predicted molar refractivity (Wildman–Crippen MR) is 174 cm³/mol. The van der Waals surface area contributed by atoms with E-state index in [9.17, 15) is 0 Å². The second-order valence-corrected chi connectivity index (χ2v) is 13.2. The summed E-state index contributed by atoms with van der Waals surface area (Å²) in [6.45, 7) is 7.23. The van der Waals surface area contributed by atoms with Crippen molar-refractivity contribution in [1.29, 1.82) is 0 Å². The Balaban J connectivity index is 1.21. The van der Waals surface area contributed by atoms with Crippen LogP contribution in [-0.2, 0) is 10.8 Å². The zero-order valence-corrected chi connectivity index (χ0v) is 24.5. The van der Waals surface area contributed by atoms with E-state index in [0.717, 1.165) is 6.42 Å². The molecule has 42 heavy (non-hydrogen) atoms. The van der Waals surface area contributed by atoms with Crippen LogP contribution in [0.25, 0.3) is 22.3 Å². The first-order chi connectivity index (χ1) is 20.5. The van der Waals surface area contributed by atoms with E-state index in [0.29, 0.717) is 11.8 Å². The maximum absolute atomic E-state index is 2.55. The first-order valence-electron chi connectivity index (χ1n) is 15.5. The number of fused-ring (bicyclic) bond motifs is 13. The van der Waals surface area contributed by atoms with Gasteiger partial charge in [-0.25, -0.2) is 0 Å². The lowest BCUT2D eigenvalue weighted by molar-refractivity contribution is 0.607. The molecule has 0 N–H and O–H groups in total. The molecule has 0 heteroatoms. The molecule has 0 nitrogen and oxygen atoms in total. The van der Waals surface area contributed by atoms with Gasteiger partial charge < -0.3 is 0 Å². The fourth-order valence-corrected chi connectivity index (χ4v) is 9.03. The van der Waals surface area contributed by atoms with E-state index in [4.69, 9.17) is 0 Å². The molecule has 4 aliphatic carbocycles. The van der Waals surface area contributed by atoms with Gasteiger partial charge in [0, 0.05) is 17.3 Å². The molecule has 0 bridgehead atoms. The second-order valence-electron chi connectivity index (χ2n) is 13.2. The standard InChI is InChI=1S/C42H34/c1-26(27-20-22-33-29-12-4-8-16-35(29)41(2,3)39(33)24-27)28-21-23-34-32-15-7-11-19-38(32)42(40(34)25-28)36-17-9-5-13-30(36)31-14-6-10-18-37(31)42/h4-21,23-26,33H,22H2,1-3H3. The molecule has 0 aliphatic heterocycles. The minimum absolute atomic E-state index is 0.0708. The SMILES string of the molecule is CC(C1=CCC2C(=C1)C(C)(C)c1ccccc12)c1ccc2c(c1)C1(c3ccccc3-c3ccccc31)c1ccccc1-2. The van der Waals surface area contributed by atoms with E-state index in [1.165, 1.54) is 66.8 Å². The maximum atomic E-state index is 2.55. The van der Waals surface area contributed by atoms with Crippen molar-refractivity contribution in [3.63, 3.8) is 0 Å². The third-order valence-corrected chi connectivity index (χ3v) is 11.0. The molecule has 1 spiro atoms. The van der Waals surface area contributed by atoms with E-state index in [-0.39, 0.29) is 10.8 Å². The molecule has 0 amide bonds. The Hall–Kier alpha value is -4.42. The Morgan fingerprint density at radius 2 is 1.12 bits per heavy atom. The maximum Gasteiger partial charge on any atom is 0.0725 e. The van der Waals surface area contributed by atoms with Crippen molar-refractivity contribution in [3.8, 4) is 22.3 Å². The van der Waals surface area contributed by atoms with Crippen LogP contribution in [0.2, 0.25) is 0 Å². The van der Waals surface area contributed by atoms with Gasteiger partial charge in [-0.2, -0.15) is 0 Å². The van der Waals surface area contributed by atoms with Crippen LogP contribution in [0.4, 0.5) is 0 Å². The fraction of sp³-hybridized carbons (Fsp3) is 0.190. The highest BCUT2D eigenvalue weighted by Gasteiger charge is 2.51. The second kappa shape index (κ2) is 8.33. The minimum atomic E-state index is -0.283. The molecule has 0 fully saturated rings. The van der Waals surface area contributed by atoms with Crippen molar-refractivity contribution in [3.05, 3.63) is 178 Å². The van der Waals surface area contributed by atoms with Gasteiger partial charge in [0.1, 0.15) is 0 Å². The summed E-state index contributed by atoms with van der Waals surface area (Å²) < 4.78 is 0. The van der Waals surface area contributed by atoms with Gasteiger partial charge in [-0.05, 0) is 73.2 Å². The molecule has 5 aromatic rings. The van der Waals surface area contributed by atoms with E-state index >= 15 is 0 Å². The highest BCUT2D eigenvalue weighted by Crippen LogP contribution is 2.63. The van der Waals surface area contributed by atoms with Gasteiger partial charge in [0.05, 0.1) is 5.41 Å². The van der Waals surface area contributed by atoms with Crippen LogP contribution in [0.1, 0.15) is 78.0 Å². The van der Waals surface area contributed by atoms with Crippen molar-refractivity contribution >= 4 is 0 Å². The summed E-state index contributed by atoms with van der Waals surface area (Å²) in [5.74, 6) is 0.826. The molecular formula is C42H34. The first kappa shape index (κ1) is 24.2. The van der Waals surface area contributed by atoms with Crippen molar-refractivity contribution in [1.82, 2.24) is 0 Å². The molecule has 2 atom stereocenters. The molecule has 2 unspecified atom stereocenters. The number of rotatable bonds is 2. The molecule has 0 aromatic heterocycles. The van der Waals surface area contributed by atoms with Crippen molar-refractivity contribution in [2.24, 2.45) is 0 Å². The van der Waals surface area contributed by atoms with Crippen LogP contribution >= 0.6 is 0 Å². The Morgan fingerprint density at radius 1 is 0.595 bits per heavy atom. The molecule has 9 rings (SSSR count). The first-order valence-corrected chi connectivity index (χ1v) is 15.5. The zero-order chi connectivity index (χ0) is 28.2. The number of benzene rings is 5. The lowest BCUT2D eigenvalue weighted by atomic mass is 9.70. The molecule has 4 aliphatic rings. The Bertz CT molecular complexity index is 1950. The van der Waals surface area contributed by atoms with Crippen molar-refractivity contribution in [2.45, 2.75) is 49.9 Å². The average Bonchev–Trinajstić information content (AvgIpc) is 3.59. The topological polar surface area (TPSA) is 0 Å². The van der Waals surface area contributed by atoms with Crippen molar-refractivity contribution < 1.29 is 0 Å².